The molecular formula is C9H5NO2. The van der Waals surface area contributed by atoms with Crippen LogP contribution in [0.25, 0.3) is 21.9 Å². The molecule has 0 aliphatic heterocycles. The predicted octanol–water partition coefficient (Wildman–Crippen LogP) is 2.57. The predicted molar refractivity (Wildman–Crippen MR) is 43.8 cm³/mol. The van der Waals surface area contributed by atoms with Crippen LogP contribution >= 0.6 is 0 Å². The fraction of sp³-hybridized carbons (Fsp3) is 0. The second-order valence-electron chi connectivity index (χ2n) is 2.67. The van der Waals surface area contributed by atoms with E-state index in [1.54, 1.807) is 12.5 Å². The Hall–Kier alpha value is -1.77. The Kier molecular flexibility index (Phi) is 0.913. The van der Waals surface area contributed by atoms with E-state index in [-0.39, 0.29) is 0 Å². The summed E-state index contributed by atoms with van der Waals surface area (Å²) in [6.07, 6.45) is 3.34. The maximum Gasteiger partial charge on any atom is 0.167 e. The summed E-state index contributed by atoms with van der Waals surface area (Å²) >= 11 is 0. The molecule has 0 spiro atoms. The van der Waals surface area contributed by atoms with E-state index >= 15 is 0 Å². The van der Waals surface area contributed by atoms with E-state index in [0.29, 0.717) is 0 Å². The zero-order valence-electron chi connectivity index (χ0n) is 6.15. The minimum absolute atomic E-state index is 0.795. The SMILES string of the molecule is c1cc2cc3oncc3cc2o1. The molecule has 0 radical (unpaired) electrons. The van der Waals surface area contributed by atoms with Crippen LogP contribution < -0.4 is 0 Å². The number of nitrogens with zero attached hydrogens (tertiary/aromatic N) is 1. The van der Waals surface area contributed by atoms with Gasteiger partial charge in [-0.15, -0.1) is 0 Å². The Morgan fingerprint density at radius 3 is 3.00 bits per heavy atom. The lowest BCUT2D eigenvalue weighted by Crippen LogP contribution is -1.63. The van der Waals surface area contributed by atoms with Gasteiger partial charge in [-0.2, -0.15) is 0 Å². The van der Waals surface area contributed by atoms with Gasteiger partial charge < -0.3 is 8.94 Å². The number of hydrogen-bond acceptors (Lipinski definition) is 3. The Morgan fingerprint density at radius 2 is 2.00 bits per heavy atom. The molecule has 2 aromatic heterocycles. The monoisotopic (exact) mass is 159 g/mol. The van der Waals surface area contributed by atoms with Crippen molar-refractivity contribution in [3.8, 4) is 0 Å². The number of furan rings is 1. The molecule has 0 saturated heterocycles. The van der Waals surface area contributed by atoms with Crippen LogP contribution in [0.15, 0.2) is 39.6 Å². The van der Waals surface area contributed by atoms with Crippen LogP contribution in [0.5, 0.6) is 0 Å². The Balaban J connectivity index is 2.62. The highest BCUT2D eigenvalue weighted by Gasteiger charge is 2.02. The summed E-state index contributed by atoms with van der Waals surface area (Å²) in [6, 6.07) is 5.74. The van der Waals surface area contributed by atoms with E-state index in [1.807, 2.05) is 18.2 Å². The van der Waals surface area contributed by atoms with Gasteiger partial charge in [-0.25, -0.2) is 0 Å². The van der Waals surface area contributed by atoms with Crippen molar-refractivity contribution in [2.24, 2.45) is 0 Å². The van der Waals surface area contributed by atoms with Crippen molar-refractivity contribution in [3.63, 3.8) is 0 Å². The molecule has 0 saturated carbocycles. The smallest absolute Gasteiger partial charge is 0.167 e. The second kappa shape index (κ2) is 1.88. The zero-order valence-corrected chi connectivity index (χ0v) is 6.15. The normalized spacial score (nSPS) is 11.3. The van der Waals surface area contributed by atoms with Gasteiger partial charge in [0.05, 0.1) is 12.5 Å². The fourth-order valence-corrected chi connectivity index (χ4v) is 1.32. The first kappa shape index (κ1) is 5.83. The molecule has 3 rings (SSSR count). The molecule has 2 heterocycles. The Bertz CT molecular complexity index is 444. The van der Waals surface area contributed by atoms with E-state index in [2.05, 4.69) is 5.16 Å². The topological polar surface area (TPSA) is 39.2 Å². The van der Waals surface area contributed by atoms with Crippen molar-refractivity contribution in [1.29, 1.82) is 0 Å². The maximum atomic E-state index is 5.23. The van der Waals surface area contributed by atoms with Crippen molar-refractivity contribution < 1.29 is 8.94 Å². The van der Waals surface area contributed by atoms with Gasteiger partial charge in [0.2, 0.25) is 0 Å². The van der Waals surface area contributed by atoms with Gasteiger partial charge in [-0.1, -0.05) is 5.16 Å². The summed E-state index contributed by atoms with van der Waals surface area (Å²) in [7, 11) is 0. The zero-order chi connectivity index (χ0) is 7.97. The standard InChI is InChI=1S/C9H5NO2/c1-2-11-8-4-7-5-10-12-9(7)3-6(1)8/h1-5H. The van der Waals surface area contributed by atoms with Crippen LogP contribution in [0.1, 0.15) is 0 Å². The van der Waals surface area contributed by atoms with Crippen molar-refractivity contribution in [2.75, 3.05) is 0 Å². The molecule has 12 heavy (non-hydrogen) atoms. The van der Waals surface area contributed by atoms with Crippen LogP contribution in [0, 0.1) is 0 Å². The molecule has 0 N–H and O–H groups in total. The van der Waals surface area contributed by atoms with Crippen molar-refractivity contribution in [3.05, 3.63) is 30.7 Å². The highest BCUT2D eigenvalue weighted by molar-refractivity contribution is 5.92. The summed E-state index contributed by atoms with van der Waals surface area (Å²) in [5.41, 5.74) is 1.66. The molecule has 1 aromatic carbocycles. The van der Waals surface area contributed by atoms with E-state index in [1.165, 1.54) is 0 Å². The lowest BCUT2D eigenvalue weighted by Gasteiger charge is -1.86. The third-order valence-electron chi connectivity index (χ3n) is 1.93. The van der Waals surface area contributed by atoms with Crippen molar-refractivity contribution >= 4 is 21.9 Å². The van der Waals surface area contributed by atoms with Gasteiger partial charge in [0.15, 0.2) is 5.58 Å². The first-order valence-corrected chi connectivity index (χ1v) is 3.65. The lowest BCUT2D eigenvalue weighted by atomic mass is 10.2. The molecule has 0 atom stereocenters. The summed E-state index contributed by atoms with van der Waals surface area (Å²) < 4.78 is 10.2. The first-order chi connectivity index (χ1) is 5.93. The molecule has 0 amide bonds. The Morgan fingerprint density at radius 1 is 1.08 bits per heavy atom. The van der Waals surface area contributed by atoms with Gasteiger partial charge in [-0.3, -0.25) is 0 Å². The molecule has 3 nitrogen and oxygen atoms in total. The van der Waals surface area contributed by atoms with E-state index in [4.69, 9.17) is 8.94 Å². The minimum atomic E-state index is 0.795. The molecule has 3 aromatic rings. The minimum Gasteiger partial charge on any atom is -0.464 e. The van der Waals surface area contributed by atoms with Crippen LogP contribution in [0.2, 0.25) is 0 Å². The number of hydrogen-bond donors (Lipinski definition) is 0. The highest BCUT2D eigenvalue weighted by atomic mass is 16.5. The summed E-state index contributed by atoms with van der Waals surface area (Å²) in [6.45, 7) is 0. The largest absolute Gasteiger partial charge is 0.464 e. The Labute approximate surface area is 67.6 Å². The average molecular weight is 159 g/mol. The van der Waals surface area contributed by atoms with Crippen molar-refractivity contribution in [2.45, 2.75) is 0 Å². The summed E-state index contributed by atoms with van der Waals surface area (Å²) in [5.74, 6) is 0. The summed E-state index contributed by atoms with van der Waals surface area (Å²) in [5, 5.41) is 5.70. The number of benzene rings is 1. The van der Waals surface area contributed by atoms with Gasteiger partial charge in [-0.05, 0) is 18.2 Å². The second-order valence-corrected chi connectivity index (χ2v) is 2.67. The van der Waals surface area contributed by atoms with Crippen LogP contribution in [-0.4, -0.2) is 5.16 Å². The van der Waals surface area contributed by atoms with Crippen LogP contribution in [0.4, 0.5) is 0 Å². The molecule has 0 aliphatic carbocycles. The highest BCUT2D eigenvalue weighted by Crippen LogP contribution is 2.22. The summed E-state index contributed by atoms with van der Waals surface area (Å²) in [4.78, 5) is 0. The fourth-order valence-electron chi connectivity index (χ4n) is 1.32. The molecule has 58 valence electrons. The van der Waals surface area contributed by atoms with Gasteiger partial charge in [0.1, 0.15) is 5.58 Å². The molecule has 0 unspecified atom stereocenters. The number of fused-ring (bicyclic) bond motifs is 2. The lowest BCUT2D eigenvalue weighted by molar-refractivity contribution is 0.456. The molecule has 0 fully saturated rings. The molecule has 0 aliphatic rings. The van der Waals surface area contributed by atoms with Crippen LogP contribution in [-0.2, 0) is 0 Å². The van der Waals surface area contributed by atoms with E-state index < -0.39 is 0 Å². The van der Waals surface area contributed by atoms with E-state index in [9.17, 15) is 0 Å². The van der Waals surface area contributed by atoms with Gasteiger partial charge in [0.25, 0.3) is 0 Å². The van der Waals surface area contributed by atoms with Gasteiger partial charge >= 0.3 is 0 Å². The third kappa shape index (κ3) is 0.625. The molecule has 0 bridgehead atoms. The van der Waals surface area contributed by atoms with Crippen LogP contribution in [0.3, 0.4) is 0 Å². The average Bonchev–Trinajstić information content (AvgIpc) is 2.64. The van der Waals surface area contributed by atoms with Crippen molar-refractivity contribution in [1.82, 2.24) is 5.16 Å². The van der Waals surface area contributed by atoms with E-state index in [0.717, 1.165) is 21.9 Å². The number of rotatable bonds is 0. The first-order valence-electron chi connectivity index (χ1n) is 3.65. The molecular weight excluding hydrogens is 154 g/mol. The molecule has 3 heteroatoms. The van der Waals surface area contributed by atoms with Gasteiger partial charge in [0, 0.05) is 10.8 Å². The maximum absolute atomic E-state index is 5.23. The quantitative estimate of drug-likeness (QED) is 0.506. The number of aromatic nitrogens is 1. The third-order valence-corrected chi connectivity index (χ3v) is 1.93.